The average molecular weight is 587 g/mol. The molecule has 12 heteroatoms. The van der Waals surface area contributed by atoms with E-state index in [1.165, 1.54) is 48.8 Å². The third-order valence-electron chi connectivity index (χ3n) is 8.02. The summed E-state index contributed by atoms with van der Waals surface area (Å²) in [5, 5.41) is 11.1. The van der Waals surface area contributed by atoms with E-state index in [4.69, 9.17) is 9.97 Å². The van der Waals surface area contributed by atoms with Crippen molar-refractivity contribution in [2.75, 3.05) is 42.9 Å². The van der Waals surface area contributed by atoms with Gasteiger partial charge in [-0.3, -0.25) is 14.8 Å². The van der Waals surface area contributed by atoms with Gasteiger partial charge in [0.15, 0.2) is 11.0 Å². The monoisotopic (exact) mass is 586 g/mol. The van der Waals surface area contributed by atoms with E-state index in [9.17, 15) is 13.6 Å². The molecule has 0 atom stereocenters. The van der Waals surface area contributed by atoms with Gasteiger partial charge in [0, 0.05) is 76.8 Å². The topological polar surface area (TPSA) is 93.3 Å². The van der Waals surface area contributed by atoms with Crippen molar-refractivity contribution in [2.24, 2.45) is 0 Å². The third kappa shape index (κ3) is 6.64. The van der Waals surface area contributed by atoms with Gasteiger partial charge >= 0.3 is 0 Å². The van der Waals surface area contributed by atoms with Crippen molar-refractivity contribution >= 4 is 35.1 Å². The molecular formula is C29H40F2N8OS. The van der Waals surface area contributed by atoms with Crippen LogP contribution in [0, 0.1) is 6.92 Å². The van der Waals surface area contributed by atoms with E-state index in [2.05, 4.69) is 25.3 Å². The summed E-state index contributed by atoms with van der Waals surface area (Å²) in [5.74, 6) is -1.12. The molecule has 2 aromatic heterocycles. The number of fused-ring (bicyclic) bond motifs is 1. The number of H-pyrrole nitrogens is 1. The van der Waals surface area contributed by atoms with Crippen LogP contribution in [0.2, 0.25) is 0 Å². The molecule has 1 aromatic carbocycles. The number of amides is 1. The minimum absolute atomic E-state index is 0. The summed E-state index contributed by atoms with van der Waals surface area (Å²) in [4.78, 5) is 29.3. The Hall–Kier alpha value is -3.25. The number of benzene rings is 1. The first kappa shape index (κ1) is 27.9. The molecule has 41 heavy (non-hydrogen) atoms. The summed E-state index contributed by atoms with van der Waals surface area (Å²) in [6, 6.07) is 10.0. The number of carbonyl (C=O) groups excluding carboxylic acids is 1. The van der Waals surface area contributed by atoms with Gasteiger partial charge in [-0.15, -0.1) is 0 Å². The fraction of sp³-hybridized carbons (Fsp3) is 0.517. The quantitative estimate of drug-likeness (QED) is 0.313. The maximum Gasteiger partial charge on any atom is 0.262 e. The zero-order chi connectivity index (χ0) is 28.6. The lowest BCUT2D eigenvalue weighted by Gasteiger charge is -2.41. The lowest BCUT2D eigenvalue weighted by Crippen LogP contribution is -2.51. The van der Waals surface area contributed by atoms with Gasteiger partial charge in [-0.1, -0.05) is 19.3 Å². The van der Waals surface area contributed by atoms with Crippen LogP contribution in [-0.2, 0) is 6.54 Å². The van der Waals surface area contributed by atoms with Gasteiger partial charge in [-0.05, 0) is 55.3 Å². The highest BCUT2D eigenvalue weighted by Gasteiger charge is 2.34. The van der Waals surface area contributed by atoms with Crippen LogP contribution in [0.3, 0.4) is 0 Å². The summed E-state index contributed by atoms with van der Waals surface area (Å²) in [6.45, 7) is 6.19. The number of alkyl halides is 2. The highest BCUT2D eigenvalue weighted by molar-refractivity contribution is 7.99. The Morgan fingerprint density at radius 2 is 1.85 bits per heavy atom. The van der Waals surface area contributed by atoms with E-state index in [0.29, 0.717) is 28.4 Å². The van der Waals surface area contributed by atoms with E-state index in [1.54, 1.807) is 6.07 Å². The average Bonchev–Trinajstić information content (AvgIpc) is 3.49. The molecule has 0 spiro atoms. The number of piperazine rings is 1. The fourth-order valence-corrected chi connectivity index (χ4v) is 6.88. The molecule has 1 saturated heterocycles. The number of hydrogen-bond donors (Lipinski definition) is 2. The molecule has 9 nitrogen and oxygen atoms in total. The molecule has 2 aliphatic heterocycles. The Bertz CT molecular complexity index is 1410. The van der Waals surface area contributed by atoms with Crippen molar-refractivity contribution in [2.45, 2.75) is 74.5 Å². The van der Waals surface area contributed by atoms with E-state index < -0.39 is 12.5 Å². The zero-order valence-corrected chi connectivity index (χ0v) is 24.3. The first-order valence-corrected chi connectivity index (χ1v) is 15.2. The van der Waals surface area contributed by atoms with Gasteiger partial charge in [0.2, 0.25) is 0 Å². The molecule has 6 rings (SSSR count). The van der Waals surface area contributed by atoms with Crippen LogP contribution in [0.5, 0.6) is 0 Å². The summed E-state index contributed by atoms with van der Waals surface area (Å²) in [5.41, 5.74) is 2.16. The normalized spacial score (nSPS) is 18.7. The molecule has 0 bridgehead atoms. The Balaban J connectivity index is 0.00000212. The summed E-state index contributed by atoms with van der Waals surface area (Å²) < 4.78 is 27.2. The molecular weight excluding hydrogens is 546 g/mol. The molecule has 0 radical (unpaired) electrons. The Morgan fingerprint density at radius 1 is 1.07 bits per heavy atom. The Kier molecular flexibility index (Phi) is 7.86. The smallest absolute Gasteiger partial charge is 0.262 e. The van der Waals surface area contributed by atoms with Gasteiger partial charge in [0.1, 0.15) is 11.6 Å². The molecule has 2 fully saturated rings. The molecule has 1 saturated carbocycles. The highest BCUT2D eigenvalue weighted by atomic mass is 32.2. The number of carbonyl (C=O) groups is 1. The minimum Gasteiger partial charge on any atom is -0.354 e. The van der Waals surface area contributed by atoms with Crippen LogP contribution in [-0.4, -0.2) is 80.6 Å². The van der Waals surface area contributed by atoms with E-state index in [1.807, 2.05) is 31.2 Å². The van der Waals surface area contributed by atoms with Gasteiger partial charge < -0.3 is 15.1 Å². The van der Waals surface area contributed by atoms with Crippen LogP contribution >= 0.6 is 11.8 Å². The maximum atomic E-state index is 13.6. The van der Waals surface area contributed by atoms with Crippen LogP contribution in [0.1, 0.15) is 63.5 Å². The van der Waals surface area contributed by atoms with Crippen LogP contribution in [0.4, 0.5) is 26.2 Å². The summed E-state index contributed by atoms with van der Waals surface area (Å²) in [7, 11) is 0. The molecule has 3 aliphatic rings. The van der Waals surface area contributed by atoms with Gasteiger partial charge in [-0.2, -0.15) is 5.10 Å². The number of halogens is 2. The number of aromatic amines is 1. The molecule has 2 N–H and O–H groups in total. The van der Waals surface area contributed by atoms with Crippen LogP contribution < -0.4 is 10.2 Å². The van der Waals surface area contributed by atoms with Crippen LogP contribution in [0.25, 0.3) is 0 Å². The Labute approximate surface area is 246 Å². The summed E-state index contributed by atoms with van der Waals surface area (Å²) in [6.07, 6.45) is 6.63. The first-order valence-electron chi connectivity index (χ1n) is 14.4. The lowest BCUT2D eigenvalue weighted by molar-refractivity contribution is -0.0105. The number of nitrogens with one attached hydrogen (secondary N) is 2. The van der Waals surface area contributed by atoms with Crippen molar-refractivity contribution in [1.82, 2.24) is 30.0 Å². The van der Waals surface area contributed by atoms with E-state index in [0.717, 1.165) is 55.1 Å². The van der Waals surface area contributed by atoms with E-state index in [-0.39, 0.29) is 15.3 Å². The zero-order valence-electron chi connectivity index (χ0n) is 23.5. The fourth-order valence-electron chi connectivity index (χ4n) is 6.05. The van der Waals surface area contributed by atoms with Crippen LogP contribution in [0.15, 0.2) is 40.4 Å². The second-order valence-electron chi connectivity index (χ2n) is 11.4. The first-order chi connectivity index (χ1) is 19.7. The van der Waals surface area contributed by atoms with Gasteiger partial charge in [0.25, 0.3) is 11.8 Å². The maximum absolute atomic E-state index is 13.6. The molecule has 3 aromatic rings. The molecule has 0 unspecified atom stereocenters. The van der Waals surface area contributed by atoms with Crippen molar-refractivity contribution in [3.63, 3.8) is 0 Å². The van der Waals surface area contributed by atoms with Crippen molar-refractivity contribution in [3.05, 3.63) is 47.2 Å². The third-order valence-corrected chi connectivity index (χ3v) is 8.87. The molecule has 1 amide bonds. The summed E-state index contributed by atoms with van der Waals surface area (Å²) >= 11 is 1.40. The van der Waals surface area contributed by atoms with Crippen molar-refractivity contribution < 1.29 is 16.4 Å². The number of aromatic nitrogens is 4. The van der Waals surface area contributed by atoms with Gasteiger partial charge in [0.05, 0.1) is 6.54 Å². The number of rotatable bonds is 8. The minimum atomic E-state index is -2.94. The molecule has 4 heterocycles. The molecule has 222 valence electrons. The number of aryl methyl sites for hydroxylation is 1. The van der Waals surface area contributed by atoms with E-state index >= 15 is 0 Å². The second-order valence-corrected chi connectivity index (χ2v) is 12.5. The number of nitrogens with zero attached hydrogens (tertiary/aromatic N) is 6. The standard InChI is InChI=1S/C29H36F2N8OS.2H2/c1-19-14-25(36-35-19)32-24-16-26(38-12-10-37(11-13-38)21-6-4-3-5-7-21)34-28(33-24)41-22-8-9-23-20(15-22)17-39(27(23)40)18-29(2,30)31;;/h8-9,14-16,21H,3-7,10-13,17-18H2,1-2H3,(H2,32,33,34,35,36);2*1H. The largest absolute Gasteiger partial charge is 0.354 e. The Morgan fingerprint density at radius 3 is 2.56 bits per heavy atom. The SMILES string of the molecule is Cc1cc(Nc2cc(N3CCN(C4CCCCC4)CC3)nc(Sc3ccc4c(c3)CN(CC(C)(F)F)C4=O)n2)n[nH]1.[HH].[HH]. The number of anilines is 3. The van der Waals surface area contributed by atoms with Crippen molar-refractivity contribution in [1.29, 1.82) is 0 Å². The lowest BCUT2D eigenvalue weighted by atomic mass is 9.94. The number of hydrogen-bond acceptors (Lipinski definition) is 8. The second kappa shape index (κ2) is 11.6. The predicted molar refractivity (Wildman–Crippen MR) is 159 cm³/mol. The highest BCUT2D eigenvalue weighted by Crippen LogP contribution is 2.34. The molecule has 1 aliphatic carbocycles. The van der Waals surface area contributed by atoms with Gasteiger partial charge in [-0.25, -0.2) is 18.7 Å². The van der Waals surface area contributed by atoms with Crippen molar-refractivity contribution in [3.8, 4) is 0 Å². The predicted octanol–water partition coefficient (Wildman–Crippen LogP) is 5.96.